The Morgan fingerprint density at radius 2 is 2.11 bits per heavy atom. The average Bonchev–Trinajstić information content (AvgIpc) is 2.83. The quantitative estimate of drug-likeness (QED) is 0.769. The van der Waals surface area contributed by atoms with Crippen molar-refractivity contribution in [3.63, 3.8) is 0 Å². The lowest BCUT2D eigenvalue weighted by atomic mass is 10.2. The van der Waals surface area contributed by atoms with Crippen LogP contribution in [-0.4, -0.2) is 52.8 Å². The van der Waals surface area contributed by atoms with Gasteiger partial charge in [0.25, 0.3) is 0 Å². The molecule has 2 rings (SSSR count). The van der Waals surface area contributed by atoms with Crippen LogP contribution in [0.3, 0.4) is 0 Å². The number of aliphatic hydroxyl groups excluding tert-OH is 1. The Morgan fingerprint density at radius 1 is 1.47 bits per heavy atom. The van der Waals surface area contributed by atoms with Crippen LogP contribution < -0.4 is 0 Å². The molecule has 9 heteroatoms. The van der Waals surface area contributed by atoms with Crippen molar-refractivity contribution in [3.05, 3.63) is 11.5 Å². The highest BCUT2D eigenvalue weighted by atomic mass is 32.2. The zero-order valence-electron chi connectivity index (χ0n) is 10.4. The van der Waals surface area contributed by atoms with E-state index in [1.54, 1.807) is 0 Å². The second-order valence-corrected chi connectivity index (χ2v) is 6.30. The van der Waals surface area contributed by atoms with Crippen LogP contribution >= 0.6 is 0 Å². The number of carbonyl (C=O) groups is 1. The van der Waals surface area contributed by atoms with Gasteiger partial charge in [-0.1, -0.05) is 5.16 Å². The second kappa shape index (κ2) is 4.58. The van der Waals surface area contributed by atoms with E-state index in [9.17, 15) is 18.3 Å². The van der Waals surface area contributed by atoms with Crippen molar-refractivity contribution in [2.75, 3.05) is 6.54 Å². The number of carboxylic acid groups (broad SMARTS) is 1. The summed E-state index contributed by atoms with van der Waals surface area (Å²) < 4.78 is 30.5. The minimum Gasteiger partial charge on any atom is -0.480 e. The van der Waals surface area contributed by atoms with Crippen LogP contribution in [0.25, 0.3) is 0 Å². The van der Waals surface area contributed by atoms with Crippen molar-refractivity contribution in [1.29, 1.82) is 0 Å². The van der Waals surface area contributed by atoms with E-state index in [1.165, 1.54) is 13.8 Å². The van der Waals surface area contributed by atoms with Crippen LogP contribution in [0.4, 0.5) is 0 Å². The van der Waals surface area contributed by atoms with Gasteiger partial charge in [-0.2, -0.15) is 4.31 Å². The standard InChI is InChI=1S/C10H14N2O6S/c1-5-9(6(2)18-11-5)19(16,17)12-4-7(13)3-8(12)10(14)15/h7-8,13H,3-4H2,1-2H3,(H,14,15)/t7-,8-/m1/s1. The van der Waals surface area contributed by atoms with Gasteiger partial charge in [-0.05, 0) is 13.8 Å². The number of hydrogen-bond acceptors (Lipinski definition) is 6. The molecular weight excluding hydrogens is 276 g/mol. The smallest absolute Gasteiger partial charge is 0.322 e. The van der Waals surface area contributed by atoms with Gasteiger partial charge >= 0.3 is 5.97 Å². The molecular formula is C10H14N2O6S. The van der Waals surface area contributed by atoms with E-state index >= 15 is 0 Å². The molecule has 0 amide bonds. The predicted molar refractivity (Wildman–Crippen MR) is 61.9 cm³/mol. The monoisotopic (exact) mass is 290 g/mol. The first kappa shape index (κ1) is 14.0. The fourth-order valence-electron chi connectivity index (χ4n) is 2.23. The Morgan fingerprint density at radius 3 is 2.58 bits per heavy atom. The first-order chi connectivity index (χ1) is 8.75. The zero-order chi connectivity index (χ0) is 14.4. The SMILES string of the molecule is Cc1noc(C)c1S(=O)(=O)N1C[C@H](O)C[C@@H]1C(=O)O. The molecule has 1 aliphatic rings. The van der Waals surface area contributed by atoms with Gasteiger partial charge in [0.1, 0.15) is 16.6 Å². The normalized spacial score (nSPS) is 24.8. The Hall–Kier alpha value is -1.45. The highest BCUT2D eigenvalue weighted by molar-refractivity contribution is 7.89. The summed E-state index contributed by atoms with van der Waals surface area (Å²) in [5, 5.41) is 22.1. The van der Waals surface area contributed by atoms with E-state index in [0.29, 0.717) is 0 Å². The topological polar surface area (TPSA) is 121 Å². The van der Waals surface area contributed by atoms with Gasteiger partial charge in [-0.3, -0.25) is 4.79 Å². The molecule has 0 aromatic carbocycles. The maximum absolute atomic E-state index is 12.4. The van der Waals surface area contributed by atoms with Gasteiger partial charge in [0.15, 0.2) is 5.76 Å². The van der Waals surface area contributed by atoms with Gasteiger partial charge in [0, 0.05) is 13.0 Å². The number of sulfonamides is 1. The summed E-state index contributed by atoms with van der Waals surface area (Å²) >= 11 is 0. The van der Waals surface area contributed by atoms with Crippen LogP contribution in [-0.2, 0) is 14.8 Å². The van der Waals surface area contributed by atoms with E-state index in [4.69, 9.17) is 9.63 Å². The Kier molecular flexibility index (Phi) is 3.37. The molecule has 106 valence electrons. The minimum absolute atomic E-state index is 0.100. The molecule has 1 aromatic heterocycles. The third-order valence-electron chi connectivity index (χ3n) is 3.05. The number of aromatic nitrogens is 1. The summed E-state index contributed by atoms with van der Waals surface area (Å²) in [6, 6.07) is -1.27. The Bertz CT molecular complexity index is 588. The van der Waals surface area contributed by atoms with Crippen molar-refractivity contribution >= 4 is 16.0 Å². The summed E-state index contributed by atoms with van der Waals surface area (Å²) in [4.78, 5) is 11.0. The van der Waals surface area contributed by atoms with Crippen LogP contribution in [0.15, 0.2) is 9.42 Å². The van der Waals surface area contributed by atoms with E-state index in [1.807, 2.05) is 0 Å². The number of rotatable bonds is 3. The Labute approximate surface area is 109 Å². The molecule has 0 spiro atoms. The minimum atomic E-state index is -4.05. The van der Waals surface area contributed by atoms with Crippen molar-refractivity contribution in [2.45, 2.75) is 37.3 Å². The lowest BCUT2D eigenvalue weighted by molar-refractivity contribution is -0.140. The fourth-order valence-corrected chi connectivity index (χ4v) is 4.16. The van der Waals surface area contributed by atoms with Crippen LogP contribution in [0, 0.1) is 13.8 Å². The molecule has 2 atom stereocenters. The number of nitrogens with zero attached hydrogens (tertiary/aromatic N) is 2. The number of aliphatic carboxylic acids is 1. The summed E-state index contributed by atoms with van der Waals surface area (Å²) in [6.07, 6.45) is -1.12. The number of aryl methyl sites for hydroxylation is 2. The molecule has 1 aliphatic heterocycles. The first-order valence-electron chi connectivity index (χ1n) is 5.60. The molecule has 1 fully saturated rings. The van der Waals surface area contributed by atoms with E-state index < -0.39 is 28.1 Å². The van der Waals surface area contributed by atoms with Gasteiger partial charge in [0.2, 0.25) is 10.0 Å². The maximum atomic E-state index is 12.4. The van der Waals surface area contributed by atoms with Crippen LogP contribution in [0.1, 0.15) is 17.9 Å². The van der Waals surface area contributed by atoms with E-state index in [0.717, 1.165) is 4.31 Å². The van der Waals surface area contributed by atoms with Crippen LogP contribution in [0.2, 0.25) is 0 Å². The van der Waals surface area contributed by atoms with E-state index in [-0.39, 0.29) is 29.3 Å². The van der Waals surface area contributed by atoms with Gasteiger partial charge in [0.05, 0.1) is 6.10 Å². The average molecular weight is 290 g/mol. The summed E-state index contributed by atoms with van der Waals surface area (Å²) in [7, 11) is -4.05. The molecule has 1 saturated heterocycles. The van der Waals surface area contributed by atoms with Crippen molar-refractivity contribution < 1.29 is 27.9 Å². The molecule has 0 aliphatic carbocycles. The van der Waals surface area contributed by atoms with Gasteiger partial charge in [-0.25, -0.2) is 8.42 Å². The lowest BCUT2D eigenvalue weighted by Crippen LogP contribution is -2.40. The number of aliphatic hydroxyl groups is 1. The fraction of sp³-hybridized carbons (Fsp3) is 0.600. The number of hydrogen-bond donors (Lipinski definition) is 2. The zero-order valence-corrected chi connectivity index (χ0v) is 11.2. The molecule has 2 N–H and O–H groups in total. The summed E-state index contributed by atoms with van der Waals surface area (Å²) in [5.74, 6) is -1.19. The molecule has 2 heterocycles. The number of carboxylic acids is 1. The second-order valence-electron chi connectivity index (χ2n) is 4.47. The number of β-amino-alcohol motifs (C(OH)–C–C–N with tert-alkyl or cyclic N) is 1. The van der Waals surface area contributed by atoms with Crippen molar-refractivity contribution in [3.8, 4) is 0 Å². The summed E-state index contributed by atoms with van der Waals surface area (Å²) in [6.45, 7) is 2.66. The highest BCUT2D eigenvalue weighted by Crippen LogP contribution is 2.29. The van der Waals surface area contributed by atoms with E-state index in [2.05, 4.69) is 5.16 Å². The molecule has 0 radical (unpaired) electrons. The molecule has 8 nitrogen and oxygen atoms in total. The molecule has 0 bridgehead atoms. The van der Waals surface area contributed by atoms with Crippen LogP contribution in [0.5, 0.6) is 0 Å². The molecule has 0 unspecified atom stereocenters. The highest BCUT2D eigenvalue weighted by Gasteiger charge is 2.45. The maximum Gasteiger partial charge on any atom is 0.322 e. The Balaban J connectivity index is 2.48. The predicted octanol–water partition coefficient (Wildman–Crippen LogP) is -0.500. The first-order valence-corrected chi connectivity index (χ1v) is 7.04. The third kappa shape index (κ3) is 2.24. The van der Waals surface area contributed by atoms with Crippen molar-refractivity contribution in [1.82, 2.24) is 9.46 Å². The largest absolute Gasteiger partial charge is 0.480 e. The third-order valence-corrected chi connectivity index (χ3v) is 5.17. The van der Waals surface area contributed by atoms with Crippen molar-refractivity contribution in [2.24, 2.45) is 0 Å². The molecule has 1 aromatic rings. The lowest BCUT2D eigenvalue weighted by Gasteiger charge is -2.20. The molecule has 0 saturated carbocycles. The summed E-state index contributed by atoms with van der Waals surface area (Å²) in [5.41, 5.74) is 0.169. The molecule has 19 heavy (non-hydrogen) atoms. The van der Waals surface area contributed by atoms with Gasteiger partial charge < -0.3 is 14.7 Å². The van der Waals surface area contributed by atoms with Gasteiger partial charge in [-0.15, -0.1) is 0 Å².